The number of nitrogens with zero attached hydrogens (tertiary/aromatic N) is 3. The summed E-state index contributed by atoms with van der Waals surface area (Å²) in [6.45, 7) is 0. The van der Waals surface area contributed by atoms with E-state index >= 15 is 0 Å². The van der Waals surface area contributed by atoms with Crippen molar-refractivity contribution in [2.45, 2.75) is 6.42 Å². The van der Waals surface area contributed by atoms with E-state index in [0.717, 1.165) is 5.52 Å². The number of carbonyl (C=O) groups is 1. The van der Waals surface area contributed by atoms with Crippen molar-refractivity contribution < 1.29 is 4.79 Å². The Labute approximate surface area is 74.2 Å². The lowest BCUT2D eigenvalue weighted by Crippen LogP contribution is -2.14. The molecular formula is C8H8N4O. The fourth-order valence-electron chi connectivity index (χ4n) is 1.19. The van der Waals surface area contributed by atoms with Gasteiger partial charge in [0.25, 0.3) is 0 Å². The minimum atomic E-state index is -0.397. The minimum absolute atomic E-state index is 0.132. The van der Waals surface area contributed by atoms with Crippen LogP contribution >= 0.6 is 0 Å². The van der Waals surface area contributed by atoms with Crippen LogP contribution in [0.1, 0.15) is 5.69 Å². The van der Waals surface area contributed by atoms with Crippen molar-refractivity contribution in [2.24, 2.45) is 5.73 Å². The molecule has 0 aromatic carbocycles. The number of hydrogen-bond acceptors (Lipinski definition) is 3. The lowest BCUT2D eigenvalue weighted by Gasteiger charge is -1.91. The van der Waals surface area contributed by atoms with Crippen molar-refractivity contribution in [3.8, 4) is 0 Å². The number of amides is 1. The van der Waals surface area contributed by atoms with Gasteiger partial charge in [-0.05, 0) is 12.1 Å². The molecule has 2 N–H and O–H groups in total. The average Bonchev–Trinajstić information content (AvgIpc) is 2.48. The number of carbonyl (C=O) groups excluding carboxylic acids is 1. The Morgan fingerprint density at radius 1 is 1.54 bits per heavy atom. The van der Waals surface area contributed by atoms with Crippen molar-refractivity contribution in [3.63, 3.8) is 0 Å². The summed E-state index contributed by atoms with van der Waals surface area (Å²) in [7, 11) is 0. The van der Waals surface area contributed by atoms with Crippen molar-refractivity contribution in [2.75, 3.05) is 0 Å². The maximum Gasteiger partial charge on any atom is 0.223 e. The molecule has 0 bridgehead atoms. The fraction of sp³-hybridized carbons (Fsp3) is 0.125. The Balaban J connectivity index is 2.51. The minimum Gasteiger partial charge on any atom is -0.369 e. The van der Waals surface area contributed by atoms with E-state index in [4.69, 9.17) is 5.73 Å². The van der Waals surface area contributed by atoms with Gasteiger partial charge in [0.2, 0.25) is 5.91 Å². The molecule has 2 aromatic rings. The summed E-state index contributed by atoms with van der Waals surface area (Å²) in [5.74, 6) is -0.397. The Morgan fingerprint density at radius 3 is 3.15 bits per heavy atom. The number of aromatic nitrogens is 3. The van der Waals surface area contributed by atoms with Crippen LogP contribution < -0.4 is 5.73 Å². The molecule has 0 radical (unpaired) electrons. The van der Waals surface area contributed by atoms with Crippen LogP contribution in [0.5, 0.6) is 0 Å². The van der Waals surface area contributed by atoms with Crippen molar-refractivity contribution in [1.29, 1.82) is 0 Å². The SMILES string of the molecule is NC(=O)Cc1nnn2ccccc12. The normalized spacial score (nSPS) is 10.5. The zero-order chi connectivity index (χ0) is 9.26. The summed E-state index contributed by atoms with van der Waals surface area (Å²) in [5, 5.41) is 7.68. The van der Waals surface area contributed by atoms with E-state index in [1.54, 1.807) is 10.7 Å². The van der Waals surface area contributed by atoms with Gasteiger partial charge < -0.3 is 5.73 Å². The molecule has 0 aliphatic heterocycles. The van der Waals surface area contributed by atoms with Gasteiger partial charge in [-0.25, -0.2) is 4.52 Å². The van der Waals surface area contributed by atoms with E-state index in [0.29, 0.717) is 5.69 Å². The first-order valence-electron chi connectivity index (χ1n) is 3.84. The first-order valence-corrected chi connectivity index (χ1v) is 3.84. The second-order valence-corrected chi connectivity index (χ2v) is 2.71. The Bertz CT molecular complexity index is 448. The number of pyridine rings is 1. The van der Waals surface area contributed by atoms with Gasteiger partial charge >= 0.3 is 0 Å². The third-order valence-electron chi connectivity index (χ3n) is 1.74. The molecule has 2 heterocycles. The van der Waals surface area contributed by atoms with Crippen LogP contribution in [0.2, 0.25) is 0 Å². The van der Waals surface area contributed by atoms with Gasteiger partial charge in [-0.15, -0.1) is 5.10 Å². The van der Waals surface area contributed by atoms with Crippen molar-refractivity contribution in [3.05, 3.63) is 30.1 Å². The summed E-state index contributed by atoms with van der Waals surface area (Å²) < 4.78 is 1.61. The van der Waals surface area contributed by atoms with Gasteiger partial charge in [-0.3, -0.25) is 4.79 Å². The van der Waals surface area contributed by atoms with E-state index in [1.165, 1.54) is 0 Å². The van der Waals surface area contributed by atoms with Crippen molar-refractivity contribution in [1.82, 2.24) is 14.8 Å². The van der Waals surface area contributed by atoms with Gasteiger partial charge in [-0.2, -0.15) is 0 Å². The van der Waals surface area contributed by atoms with E-state index in [1.807, 2.05) is 18.2 Å². The average molecular weight is 176 g/mol. The Morgan fingerprint density at radius 2 is 2.38 bits per heavy atom. The van der Waals surface area contributed by atoms with E-state index < -0.39 is 5.91 Å². The fourth-order valence-corrected chi connectivity index (χ4v) is 1.19. The number of hydrogen-bond donors (Lipinski definition) is 1. The highest BCUT2D eigenvalue weighted by atomic mass is 16.1. The molecule has 0 spiro atoms. The maximum absolute atomic E-state index is 10.7. The zero-order valence-electron chi connectivity index (χ0n) is 6.84. The number of fused-ring (bicyclic) bond motifs is 1. The van der Waals surface area contributed by atoms with Crippen molar-refractivity contribution >= 4 is 11.4 Å². The molecule has 0 aliphatic rings. The number of rotatable bonds is 2. The molecule has 13 heavy (non-hydrogen) atoms. The number of nitrogens with two attached hydrogens (primary N) is 1. The summed E-state index contributed by atoms with van der Waals surface area (Å²) in [6.07, 6.45) is 1.90. The van der Waals surface area contributed by atoms with E-state index in [2.05, 4.69) is 10.3 Å². The molecule has 1 amide bonds. The molecule has 5 nitrogen and oxygen atoms in total. The van der Waals surface area contributed by atoms with E-state index in [-0.39, 0.29) is 6.42 Å². The lowest BCUT2D eigenvalue weighted by molar-refractivity contribution is -0.117. The van der Waals surface area contributed by atoms with E-state index in [9.17, 15) is 4.79 Å². The molecule has 0 unspecified atom stereocenters. The molecular weight excluding hydrogens is 168 g/mol. The zero-order valence-corrected chi connectivity index (χ0v) is 6.84. The molecule has 66 valence electrons. The molecule has 0 atom stereocenters. The second-order valence-electron chi connectivity index (χ2n) is 2.71. The third kappa shape index (κ3) is 1.35. The first kappa shape index (κ1) is 7.72. The molecule has 0 saturated carbocycles. The summed E-state index contributed by atoms with van der Waals surface area (Å²) in [4.78, 5) is 10.7. The van der Waals surface area contributed by atoms with Gasteiger partial charge in [0.05, 0.1) is 17.6 Å². The molecule has 0 aliphatic carbocycles. The Hall–Kier alpha value is -1.91. The highest BCUT2D eigenvalue weighted by Gasteiger charge is 2.07. The van der Waals surface area contributed by atoms with Gasteiger partial charge in [-0.1, -0.05) is 11.3 Å². The standard InChI is InChI=1S/C8H8N4O/c9-8(13)5-6-7-3-1-2-4-12(7)11-10-6/h1-4H,5H2,(H2,9,13). The van der Waals surface area contributed by atoms with Crippen LogP contribution in [0.4, 0.5) is 0 Å². The van der Waals surface area contributed by atoms with Crippen LogP contribution in [0.15, 0.2) is 24.4 Å². The van der Waals surface area contributed by atoms with Crippen LogP contribution in [0.25, 0.3) is 5.52 Å². The lowest BCUT2D eigenvalue weighted by atomic mass is 10.2. The Kier molecular flexibility index (Phi) is 1.70. The molecule has 0 saturated heterocycles. The highest BCUT2D eigenvalue weighted by molar-refractivity contribution is 5.78. The number of primary amides is 1. The summed E-state index contributed by atoms with van der Waals surface area (Å²) in [6, 6.07) is 5.55. The van der Waals surface area contributed by atoms with Crippen LogP contribution in [0.3, 0.4) is 0 Å². The highest BCUT2D eigenvalue weighted by Crippen LogP contribution is 2.06. The monoisotopic (exact) mass is 176 g/mol. The van der Waals surface area contributed by atoms with Gasteiger partial charge in [0.1, 0.15) is 0 Å². The summed E-state index contributed by atoms with van der Waals surface area (Å²) in [5.41, 5.74) is 6.50. The maximum atomic E-state index is 10.7. The van der Waals surface area contributed by atoms with Gasteiger partial charge in [0.15, 0.2) is 0 Å². The van der Waals surface area contributed by atoms with Crippen LogP contribution in [0, 0.1) is 0 Å². The van der Waals surface area contributed by atoms with Crippen LogP contribution in [-0.4, -0.2) is 20.7 Å². The van der Waals surface area contributed by atoms with Gasteiger partial charge in [0, 0.05) is 6.20 Å². The topological polar surface area (TPSA) is 73.3 Å². The van der Waals surface area contributed by atoms with Crippen LogP contribution in [-0.2, 0) is 11.2 Å². The predicted octanol–water partition coefficient (Wildman–Crippen LogP) is -0.243. The molecule has 5 heteroatoms. The third-order valence-corrected chi connectivity index (χ3v) is 1.74. The molecule has 2 aromatic heterocycles. The molecule has 2 rings (SSSR count). The summed E-state index contributed by atoms with van der Waals surface area (Å²) >= 11 is 0. The second kappa shape index (κ2) is 2.85. The molecule has 0 fully saturated rings. The predicted molar refractivity (Wildman–Crippen MR) is 45.9 cm³/mol. The quantitative estimate of drug-likeness (QED) is 0.686. The largest absolute Gasteiger partial charge is 0.369 e. The smallest absolute Gasteiger partial charge is 0.223 e. The first-order chi connectivity index (χ1) is 6.27.